The number of aliphatic hydroxyl groups is 1. The average molecular weight is 407 g/mol. The molecule has 2 unspecified atom stereocenters. The number of aliphatic imine (C=N–C) groups is 1. The summed E-state index contributed by atoms with van der Waals surface area (Å²) in [4.78, 5) is 10.9. The third-order valence-corrected chi connectivity index (χ3v) is 4.95. The molecule has 0 aromatic rings. The summed E-state index contributed by atoms with van der Waals surface area (Å²) >= 11 is 0. The molecule has 1 saturated carbocycles. The lowest BCUT2D eigenvalue weighted by Crippen LogP contribution is -2.54. The summed E-state index contributed by atoms with van der Waals surface area (Å²) in [5.74, 6) is -1.40. The van der Waals surface area contributed by atoms with Gasteiger partial charge in [-0.2, -0.15) is 13.2 Å². The molecule has 0 bridgehead atoms. The molecule has 0 heterocycles. The van der Waals surface area contributed by atoms with Crippen LogP contribution in [0.3, 0.4) is 0 Å². The Balaban J connectivity index is 2.88. The molecule has 1 N–H and O–H groups in total. The van der Waals surface area contributed by atoms with E-state index < -0.39 is 24.3 Å². The van der Waals surface area contributed by atoms with Crippen molar-refractivity contribution >= 4 is 12.1 Å². The standard InChI is InChI=1S/C19H32F3N3O3/c1-5-25(3)14-23-12-11-17(27-4)15(2)18(26,19(20,21)22)13-28-24-16-9-7-6-8-10-16/h11,14-15,26H,5-10,12-13H2,1-4H3/b17-11+,23-14?. The highest BCUT2D eigenvalue weighted by atomic mass is 19.4. The Morgan fingerprint density at radius 2 is 1.93 bits per heavy atom. The average Bonchev–Trinajstić information content (AvgIpc) is 2.67. The van der Waals surface area contributed by atoms with Crippen LogP contribution < -0.4 is 0 Å². The van der Waals surface area contributed by atoms with Gasteiger partial charge in [0, 0.05) is 13.6 Å². The first-order valence-electron chi connectivity index (χ1n) is 9.56. The molecule has 0 radical (unpaired) electrons. The normalized spacial score (nSPS) is 19.3. The van der Waals surface area contributed by atoms with Gasteiger partial charge in [-0.3, -0.25) is 4.99 Å². The first-order chi connectivity index (χ1) is 13.2. The van der Waals surface area contributed by atoms with Gasteiger partial charge in [-0.25, -0.2) is 0 Å². The third-order valence-electron chi connectivity index (χ3n) is 4.95. The summed E-state index contributed by atoms with van der Waals surface area (Å²) in [5, 5.41) is 14.3. The fraction of sp³-hybridized carbons (Fsp3) is 0.789. The summed E-state index contributed by atoms with van der Waals surface area (Å²) in [7, 11) is 3.10. The van der Waals surface area contributed by atoms with E-state index in [0.29, 0.717) is 12.8 Å². The molecule has 6 nitrogen and oxygen atoms in total. The number of oxime groups is 1. The fourth-order valence-corrected chi connectivity index (χ4v) is 2.81. The molecule has 28 heavy (non-hydrogen) atoms. The Kier molecular flexibility index (Phi) is 9.78. The zero-order valence-electron chi connectivity index (χ0n) is 17.1. The van der Waals surface area contributed by atoms with Gasteiger partial charge in [-0.15, -0.1) is 0 Å². The van der Waals surface area contributed by atoms with Crippen molar-refractivity contribution in [2.24, 2.45) is 16.1 Å². The molecule has 0 spiro atoms. The van der Waals surface area contributed by atoms with Crippen molar-refractivity contribution in [2.45, 2.75) is 57.7 Å². The van der Waals surface area contributed by atoms with Gasteiger partial charge in [0.25, 0.3) is 0 Å². The van der Waals surface area contributed by atoms with E-state index in [-0.39, 0.29) is 12.3 Å². The van der Waals surface area contributed by atoms with Crippen molar-refractivity contribution in [3.8, 4) is 0 Å². The summed E-state index contributed by atoms with van der Waals surface area (Å²) < 4.78 is 46.1. The van der Waals surface area contributed by atoms with Crippen LogP contribution in [-0.2, 0) is 9.57 Å². The first kappa shape index (κ1) is 24.3. The van der Waals surface area contributed by atoms with Crippen LogP contribution in [0.1, 0.15) is 46.0 Å². The molecular weight excluding hydrogens is 375 g/mol. The minimum atomic E-state index is -4.91. The lowest BCUT2D eigenvalue weighted by Gasteiger charge is -2.35. The Labute approximate surface area is 165 Å². The fourth-order valence-electron chi connectivity index (χ4n) is 2.81. The Morgan fingerprint density at radius 3 is 2.46 bits per heavy atom. The minimum Gasteiger partial charge on any atom is -0.501 e. The molecular formula is C19H32F3N3O3. The molecule has 0 aliphatic heterocycles. The van der Waals surface area contributed by atoms with E-state index in [0.717, 1.165) is 31.5 Å². The summed E-state index contributed by atoms with van der Waals surface area (Å²) in [6.07, 6.45) is 2.52. The van der Waals surface area contributed by atoms with Gasteiger partial charge in [-0.05, 0) is 38.7 Å². The van der Waals surface area contributed by atoms with Crippen LogP contribution in [0.25, 0.3) is 0 Å². The van der Waals surface area contributed by atoms with Crippen LogP contribution in [-0.4, -0.2) is 67.7 Å². The Bertz CT molecular complexity index is 556. The molecule has 0 saturated heterocycles. The summed E-state index contributed by atoms with van der Waals surface area (Å²) in [5.41, 5.74) is -2.39. The molecule has 1 rings (SSSR count). The molecule has 0 amide bonds. The number of rotatable bonds is 10. The Hall–Kier alpha value is -1.77. The predicted octanol–water partition coefficient (Wildman–Crippen LogP) is 3.76. The maximum atomic E-state index is 13.7. The highest BCUT2D eigenvalue weighted by molar-refractivity contribution is 5.84. The largest absolute Gasteiger partial charge is 0.501 e. The van der Waals surface area contributed by atoms with Gasteiger partial charge in [0.2, 0.25) is 5.60 Å². The van der Waals surface area contributed by atoms with E-state index >= 15 is 0 Å². The predicted molar refractivity (Wildman–Crippen MR) is 103 cm³/mol. The van der Waals surface area contributed by atoms with Crippen molar-refractivity contribution in [2.75, 3.05) is 33.9 Å². The number of methoxy groups -OCH3 is 1. The van der Waals surface area contributed by atoms with E-state index in [4.69, 9.17) is 9.57 Å². The van der Waals surface area contributed by atoms with E-state index in [9.17, 15) is 18.3 Å². The second kappa shape index (κ2) is 11.3. The van der Waals surface area contributed by atoms with E-state index in [2.05, 4.69) is 10.1 Å². The molecule has 162 valence electrons. The van der Waals surface area contributed by atoms with Crippen molar-refractivity contribution in [1.82, 2.24) is 4.90 Å². The van der Waals surface area contributed by atoms with Gasteiger partial charge in [0.05, 0.1) is 37.4 Å². The number of hydrogen-bond donors (Lipinski definition) is 1. The zero-order valence-corrected chi connectivity index (χ0v) is 17.1. The second-order valence-corrected chi connectivity index (χ2v) is 7.00. The van der Waals surface area contributed by atoms with Gasteiger partial charge < -0.3 is 19.6 Å². The number of hydrogen-bond acceptors (Lipinski definition) is 5. The van der Waals surface area contributed by atoms with Crippen molar-refractivity contribution in [3.63, 3.8) is 0 Å². The van der Waals surface area contributed by atoms with Crippen LogP contribution in [0.15, 0.2) is 22.0 Å². The molecule has 1 fully saturated rings. The monoisotopic (exact) mass is 407 g/mol. The van der Waals surface area contributed by atoms with Crippen molar-refractivity contribution in [1.29, 1.82) is 0 Å². The Morgan fingerprint density at radius 1 is 1.29 bits per heavy atom. The molecule has 0 aromatic carbocycles. The SMILES string of the molecule is CCN(C)C=NC/C=C(/OC)C(C)C(O)(CON=C1CCCCC1)C(F)(F)F. The summed E-state index contributed by atoms with van der Waals surface area (Å²) in [6.45, 7) is 3.10. The van der Waals surface area contributed by atoms with E-state index in [1.165, 1.54) is 20.1 Å². The highest BCUT2D eigenvalue weighted by Crippen LogP contribution is 2.40. The first-order valence-corrected chi connectivity index (χ1v) is 9.56. The van der Waals surface area contributed by atoms with Gasteiger partial charge in [0.15, 0.2) is 6.61 Å². The van der Waals surface area contributed by atoms with Crippen LogP contribution in [0, 0.1) is 5.92 Å². The number of alkyl halides is 3. The van der Waals surface area contributed by atoms with E-state index in [1.54, 1.807) is 6.34 Å². The molecule has 9 heteroatoms. The quantitative estimate of drug-likeness (QED) is 0.259. The van der Waals surface area contributed by atoms with Crippen molar-refractivity contribution in [3.05, 3.63) is 11.8 Å². The van der Waals surface area contributed by atoms with Crippen LogP contribution in [0.2, 0.25) is 0 Å². The van der Waals surface area contributed by atoms with E-state index in [1.807, 2.05) is 18.9 Å². The molecule has 2 atom stereocenters. The number of nitrogens with zero attached hydrogens (tertiary/aromatic N) is 3. The molecule has 1 aliphatic rings. The third kappa shape index (κ3) is 7.00. The topological polar surface area (TPSA) is 66.7 Å². The maximum absolute atomic E-state index is 13.7. The zero-order chi connectivity index (χ0) is 21.2. The van der Waals surface area contributed by atoms with Gasteiger partial charge >= 0.3 is 6.18 Å². The van der Waals surface area contributed by atoms with Crippen LogP contribution in [0.5, 0.6) is 0 Å². The lowest BCUT2D eigenvalue weighted by molar-refractivity contribution is -0.291. The smallest absolute Gasteiger partial charge is 0.421 e. The maximum Gasteiger partial charge on any atom is 0.421 e. The van der Waals surface area contributed by atoms with Gasteiger partial charge in [0.1, 0.15) is 0 Å². The highest BCUT2D eigenvalue weighted by Gasteiger charge is 2.59. The number of ether oxygens (including phenoxy) is 1. The van der Waals surface area contributed by atoms with Crippen molar-refractivity contribution < 1.29 is 27.9 Å². The summed E-state index contributed by atoms with van der Waals surface area (Å²) in [6, 6.07) is 0. The minimum absolute atomic E-state index is 0.00922. The molecule has 1 aliphatic carbocycles. The second-order valence-electron chi connectivity index (χ2n) is 7.00. The molecule has 0 aromatic heterocycles. The van der Waals surface area contributed by atoms with Crippen LogP contribution in [0.4, 0.5) is 13.2 Å². The van der Waals surface area contributed by atoms with Crippen LogP contribution >= 0.6 is 0 Å². The van der Waals surface area contributed by atoms with Gasteiger partial charge in [-0.1, -0.05) is 18.5 Å². The number of halogens is 3. The lowest BCUT2D eigenvalue weighted by atomic mass is 9.87.